The molecule has 3 saturated heterocycles. The summed E-state index contributed by atoms with van der Waals surface area (Å²) in [6.45, 7) is 10.6. The minimum atomic E-state index is 0.211. The number of carbonyl (C=O) groups excluding carboxylic acids is 1. The number of carbonyl (C=O) groups is 1. The van der Waals surface area contributed by atoms with Gasteiger partial charge in [0.25, 0.3) is 0 Å². The molecule has 4 heteroatoms. The summed E-state index contributed by atoms with van der Waals surface area (Å²) < 4.78 is 0. The van der Waals surface area contributed by atoms with E-state index in [1.54, 1.807) is 0 Å². The van der Waals surface area contributed by atoms with Crippen molar-refractivity contribution in [3.05, 3.63) is 0 Å². The summed E-state index contributed by atoms with van der Waals surface area (Å²) >= 11 is 0. The fraction of sp³-hybridized carbons (Fsp3) is 0.929. The Bertz CT molecular complexity index is 316. The number of fused-ring (bicyclic) bond motifs is 3. The molecule has 3 fully saturated rings. The van der Waals surface area contributed by atoms with Crippen LogP contribution in [0.1, 0.15) is 40.5 Å². The van der Waals surface area contributed by atoms with Gasteiger partial charge in [0.2, 0.25) is 0 Å². The van der Waals surface area contributed by atoms with Crippen molar-refractivity contribution in [1.82, 2.24) is 14.7 Å². The lowest BCUT2D eigenvalue weighted by atomic mass is 9.90. The molecule has 0 aromatic carbocycles. The maximum absolute atomic E-state index is 12.4. The lowest BCUT2D eigenvalue weighted by molar-refractivity contribution is -0.0224. The third-order valence-electron chi connectivity index (χ3n) is 4.56. The number of piperazine rings is 1. The molecule has 0 N–H and O–H groups in total. The number of nitrogens with zero attached hydrogens (tertiary/aromatic N) is 3. The second kappa shape index (κ2) is 5.08. The number of hydrogen-bond donors (Lipinski definition) is 0. The van der Waals surface area contributed by atoms with Crippen LogP contribution in [0.5, 0.6) is 0 Å². The number of amides is 2. The van der Waals surface area contributed by atoms with Crippen LogP contribution in [0.3, 0.4) is 0 Å². The Morgan fingerprint density at radius 3 is 2.17 bits per heavy atom. The Morgan fingerprint density at radius 1 is 1.11 bits per heavy atom. The van der Waals surface area contributed by atoms with Crippen LogP contribution in [-0.4, -0.2) is 65.0 Å². The standard InChI is InChI=1S/C14H27N3O/c1-10(2)15(5)14(18)17-9-12-6-7-13(17)8-16(12)11(3)4/h10-13H,6-9H2,1-5H3. The van der Waals surface area contributed by atoms with Gasteiger partial charge in [-0.15, -0.1) is 0 Å². The van der Waals surface area contributed by atoms with Crippen molar-refractivity contribution < 1.29 is 4.79 Å². The van der Waals surface area contributed by atoms with Crippen LogP contribution in [-0.2, 0) is 0 Å². The van der Waals surface area contributed by atoms with Gasteiger partial charge in [-0.25, -0.2) is 4.79 Å². The normalized spacial score (nSPS) is 28.3. The highest BCUT2D eigenvalue weighted by Crippen LogP contribution is 2.30. The van der Waals surface area contributed by atoms with Gasteiger partial charge in [-0.3, -0.25) is 4.90 Å². The molecule has 2 bridgehead atoms. The van der Waals surface area contributed by atoms with Gasteiger partial charge in [-0.1, -0.05) is 0 Å². The second-order valence-electron chi connectivity index (χ2n) is 6.32. The molecule has 3 aliphatic heterocycles. The molecule has 2 unspecified atom stereocenters. The summed E-state index contributed by atoms with van der Waals surface area (Å²) in [6.07, 6.45) is 2.42. The Kier molecular flexibility index (Phi) is 3.85. The van der Waals surface area contributed by atoms with E-state index in [-0.39, 0.29) is 12.1 Å². The summed E-state index contributed by atoms with van der Waals surface area (Å²) in [4.78, 5) is 19.0. The predicted molar refractivity (Wildman–Crippen MR) is 73.7 cm³/mol. The Hall–Kier alpha value is -0.770. The van der Waals surface area contributed by atoms with E-state index in [0.717, 1.165) is 13.1 Å². The van der Waals surface area contributed by atoms with Gasteiger partial charge < -0.3 is 9.80 Å². The molecule has 3 aliphatic rings. The number of hydrogen-bond acceptors (Lipinski definition) is 2. The van der Waals surface area contributed by atoms with E-state index >= 15 is 0 Å². The van der Waals surface area contributed by atoms with Crippen molar-refractivity contribution in [1.29, 1.82) is 0 Å². The Morgan fingerprint density at radius 2 is 1.72 bits per heavy atom. The third-order valence-corrected chi connectivity index (χ3v) is 4.56. The monoisotopic (exact) mass is 253 g/mol. The number of urea groups is 1. The fourth-order valence-electron chi connectivity index (χ4n) is 3.15. The van der Waals surface area contributed by atoms with Gasteiger partial charge >= 0.3 is 6.03 Å². The molecule has 0 radical (unpaired) electrons. The number of rotatable bonds is 2. The molecule has 0 spiro atoms. The SMILES string of the molecule is CC(C)N(C)C(=O)N1CC2CCC1CN2C(C)C. The summed E-state index contributed by atoms with van der Waals surface area (Å²) in [6, 6.07) is 2.07. The molecule has 2 amide bonds. The highest BCUT2D eigenvalue weighted by Gasteiger charge is 2.42. The molecule has 0 aromatic heterocycles. The van der Waals surface area contributed by atoms with Crippen molar-refractivity contribution in [3.8, 4) is 0 Å². The van der Waals surface area contributed by atoms with Crippen LogP contribution >= 0.6 is 0 Å². The van der Waals surface area contributed by atoms with Crippen molar-refractivity contribution >= 4 is 6.03 Å². The van der Waals surface area contributed by atoms with Crippen LogP contribution in [0, 0.1) is 0 Å². The lowest BCUT2D eigenvalue weighted by Crippen LogP contribution is -2.66. The minimum Gasteiger partial charge on any atom is -0.325 e. The van der Waals surface area contributed by atoms with E-state index in [4.69, 9.17) is 0 Å². The predicted octanol–water partition coefficient (Wildman–Crippen LogP) is 2.00. The Labute approximate surface area is 111 Å². The highest BCUT2D eigenvalue weighted by molar-refractivity contribution is 5.75. The summed E-state index contributed by atoms with van der Waals surface area (Å²) in [5.41, 5.74) is 0. The molecule has 4 nitrogen and oxygen atoms in total. The fourth-order valence-corrected chi connectivity index (χ4v) is 3.15. The zero-order valence-electron chi connectivity index (χ0n) is 12.4. The van der Waals surface area contributed by atoms with Gasteiger partial charge in [0, 0.05) is 44.3 Å². The molecular formula is C14H27N3O. The van der Waals surface area contributed by atoms with Crippen LogP contribution in [0.4, 0.5) is 4.79 Å². The van der Waals surface area contributed by atoms with Gasteiger partial charge in [0.05, 0.1) is 0 Å². The van der Waals surface area contributed by atoms with E-state index < -0.39 is 0 Å². The third kappa shape index (κ3) is 2.35. The first-order chi connectivity index (χ1) is 8.41. The van der Waals surface area contributed by atoms with Crippen LogP contribution in [0.15, 0.2) is 0 Å². The van der Waals surface area contributed by atoms with Crippen molar-refractivity contribution in [2.75, 3.05) is 20.1 Å². The van der Waals surface area contributed by atoms with Crippen molar-refractivity contribution in [3.63, 3.8) is 0 Å². The summed E-state index contributed by atoms with van der Waals surface area (Å²) in [7, 11) is 1.91. The Balaban J connectivity index is 2.05. The first kappa shape index (κ1) is 13.7. The minimum absolute atomic E-state index is 0.211. The molecule has 0 aromatic rings. The zero-order chi connectivity index (χ0) is 13.4. The highest BCUT2D eigenvalue weighted by atomic mass is 16.2. The van der Waals surface area contributed by atoms with Crippen LogP contribution in [0.2, 0.25) is 0 Å². The largest absolute Gasteiger partial charge is 0.325 e. The van der Waals surface area contributed by atoms with E-state index in [0.29, 0.717) is 18.1 Å². The smallest absolute Gasteiger partial charge is 0.320 e. The van der Waals surface area contributed by atoms with E-state index in [1.165, 1.54) is 12.8 Å². The molecule has 0 saturated carbocycles. The van der Waals surface area contributed by atoms with Crippen LogP contribution in [0.25, 0.3) is 0 Å². The second-order valence-corrected chi connectivity index (χ2v) is 6.32. The van der Waals surface area contributed by atoms with Crippen molar-refractivity contribution in [2.45, 2.75) is 64.7 Å². The van der Waals surface area contributed by atoms with Gasteiger partial charge in [-0.2, -0.15) is 0 Å². The quantitative estimate of drug-likeness (QED) is 0.752. The van der Waals surface area contributed by atoms with Gasteiger partial charge in [-0.05, 0) is 40.5 Å². The van der Waals surface area contributed by atoms with Gasteiger partial charge in [0.15, 0.2) is 0 Å². The molecule has 104 valence electrons. The maximum Gasteiger partial charge on any atom is 0.320 e. The molecule has 2 atom stereocenters. The number of piperidine rings is 2. The van der Waals surface area contributed by atoms with E-state index in [2.05, 4.69) is 37.5 Å². The van der Waals surface area contributed by atoms with Crippen LogP contribution < -0.4 is 0 Å². The van der Waals surface area contributed by atoms with E-state index in [9.17, 15) is 4.79 Å². The van der Waals surface area contributed by atoms with Crippen molar-refractivity contribution in [2.24, 2.45) is 0 Å². The lowest BCUT2D eigenvalue weighted by Gasteiger charge is -2.53. The molecule has 3 rings (SSSR count). The first-order valence-corrected chi connectivity index (χ1v) is 7.21. The zero-order valence-corrected chi connectivity index (χ0v) is 12.4. The molecule has 0 aliphatic carbocycles. The molecule has 3 heterocycles. The molecular weight excluding hydrogens is 226 g/mol. The summed E-state index contributed by atoms with van der Waals surface area (Å²) in [5, 5.41) is 0. The van der Waals surface area contributed by atoms with Gasteiger partial charge in [0.1, 0.15) is 0 Å². The average Bonchev–Trinajstić information content (AvgIpc) is 2.37. The maximum atomic E-state index is 12.4. The summed E-state index contributed by atoms with van der Waals surface area (Å²) in [5.74, 6) is 0. The first-order valence-electron chi connectivity index (χ1n) is 7.21. The van der Waals surface area contributed by atoms with E-state index in [1.807, 2.05) is 11.9 Å². The molecule has 18 heavy (non-hydrogen) atoms. The topological polar surface area (TPSA) is 26.8 Å². The average molecular weight is 253 g/mol.